The van der Waals surface area contributed by atoms with E-state index in [0.29, 0.717) is 12.5 Å². The Kier molecular flexibility index (Phi) is 5.27. The van der Waals surface area contributed by atoms with E-state index in [-0.39, 0.29) is 0 Å². The van der Waals surface area contributed by atoms with E-state index < -0.39 is 11.7 Å². The molecule has 1 aliphatic heterocycles. The molecule has 1 atom stereocenters. The zero-order chi connectivity index (χ0) is 15.5. The molecule has 118 valence electrons. The minimum absolute atomic E-state index is 0.560. The van der Waals surface area contributed by atoms with E-state index in [1.165, 1.54) is 25.0 Å². The van der Waals surface area contributed by atoms with E-state index in [1.807, 2.05) is 7.05 Å². The summed E-state index contributed by atoms with van der Waals surface area (Å²) in [5.74, 6) is 0.611. The minimum atomic E-state index is -4.26. The van der Waals surface area contributed by atoms with Gasteiger partial charge in [0.25, 0.3) is 0 Å². The van der Waals surface area contributed by atoms with Crippen molar-refractivity contribution in [1.29, 1.82) is 0 Å². The second-order valence-electron chi connectivity index (χ2n) is 6.17. The van der Waals surface area contributed by atoms with Gasteiger partial charge in [0.05, 0.1) is 5.56 Å². The van der Waals surface area contributed by atoms with Gasteiger partial charge in [-0.3, -0.25) is 0 Å². The molecule has 2 rings (SSSR count). The smallest absolute Gasteiger partial charge is 0.306 e. The monoisotopic (exact) mass is 300 g/mol. The van der Waals surface area contributed by atoms with Gasteiger partial charge in [-0.25, -0.2) is 0 Å². The molecule has 0 aromatic heterocycles. The van der Waals surface area contributed by atoms with Crippen LogP contribution in [0, 0.1) is 5.92 Å². The number of benzene rings is 1. The molecule has 21 heavy (non-hydrogen) atoms. The number of alkyl halides is 3. The normalized spacial score (nSPS) is 21.0. The van der Waals surface area contributed by atoms with Crippen LogP contribution in [0.1, 0.15) is 24.0 Å². The molecule has 2 nitrogen and oxygen atoms in total. The van der Waals surface area contributed by atoms with Crippen molar-refractivity contribution in [3.8, 4) is 0 Å². The Morgan fingerprint density at radius 2 is 2.10 bits per heavy atom. The molecule has 0 aliphatic carbocycles. The Bertz CT molecular complexity index is 459. The summed E-state index contributed by atoms with van der Waals surface area (Å²) in [5.41, 5.74) is 0.155. The van der Waals surface area contributed by atoms with Gasteiger partial charge in [-0.15, -0.1) is 0 Å². The highest BCUT2D eigenvalue weighted by atomic mass is 19.4. The van der Waals surface area contributed by atoms with Crippen molar-refractivity contribution < 1.29 is 13.2 Å². The summed E-state index contributed by atoms with van der Waals surface area (Å²) in [5, 5.41) is 0. The summed E-state index contributed by atoms with van der Waals surface area (Å²) in [4.78, 5) is 4.45. The number of hydrogen-bond acceptors (Lipinski definition) is 2. The van der Waals surface area contributed by atoms with Crippen LogP contribution in [0.3, 0.4) is 0 Å². The van der Waals surface area contributed by atoms with E-state index in [4.69, 9.17) is 0 Å². The van der Waals surface area contributed by atoms with Crippen molar-refractivity contribution in [2.24, 2.45) is 5.92 Å². The first-order chi connectivity index (χ1) is 9.84. The van der Waals surface area contributed by atoms with Gasteiger partial charge in [0.1, 0.15) is 0 Å². The lowest BCUT2D eigenvalue weighted by molar-refractivity contribution is -0.137. The van der Waals surface area contributed by atoms with Crippen LogP contribution < -0.4 is 0 Å². The van der Waals surface area contributed by atoms with Gasteiger partial charge in [0, 0.05) is 19.6 Å². The lowest BCUT2D eigenvalue weighted by Crippen LogP contribution is -2.37. The topological polar surface area (TPSA) is 6.48 Å². The first-order valence-electron chi connectivity index (χ1n) is 7.38. The maximum Gasteiger partial charge on any atom is 0.416 e. The van der Waals surface area contributed by atoms with E-state index in [2.05, 4.69) is 16.8 Å². The molecular weight excluding hydrogens is 277 g/mol. The van der Waals surface area contributed by atoms with Crippen LogP contribution >= 0.6 is 0 Å². The molecule has 0 saturated carbocycles. The van der Waals surface area contributed by atoms with Crippen LogP contribution in [0.2, 0.25) is 0 Å². The van der Waals surface area contributed by atoms with E-state index in [9.17, 15) is 13.2 Å². The first-order valence-corrected chi connectivity index (χ1v) is 7.38. The number of rotatable bonds is 4. The van der Waals surface area contributed by atoms with Crippen molar-refractivity contribution in [3.63, 3.8) is 0 Å². The van der Waals surface area contributed by atoms with Gasteiger partial charge >= 0.3 is 6.18 Å². The fraction of sp³-hybridized carbons (Fsp3) is 0.625. The summed E-state index contributed by atoms with van der Waals surface area (Å²) in [6.45, 7) is 3.71. The summed E-state index contributed by atoms with van der Waals surface area (Å²) in [6.07, 6.45) is -1.85. The molecule has 0 amide bonds. The third-order valence-electron chi connectivity index (χ3n) is 4.00. The van der Waals surface area contributed by atoms with E-state index in [1.54, 1.807) is 6.07 Å². The second-order valence-corrected chi connectivity index (χ2v) is 6.17. The molecule has 0 N–H and O–H groups in total. The fourth-order valence-electron chi connectivity index (χ4n) is 3.09. The Balaban J connectivity index is 1.91. The molecule has 1 saturated heterocycles. The quantitative estimate of drug-likeness (QED) is 0.840. The molecule has 1 unspecified atom stereocenters. The van der Waals surface area contributed by atoms with Gasteiger partial charge in [-0.2, -0.15) is 13.2 Å². The molecular formula is C16H23F3N2. The van der Waals surface area contributed by atoms with Crippen molar-refractivity contribution >= 4 is 0 Å². The first kappa shape index (κ1) is 16.3. The van der Waals surface area contributed by atoms with Gasteiger partial charge in [0.15, 0.2) is 0 Å². The molecule has 1 heterocycles. The number of likely N-dealkylation sites (tertiary alicyclic amines) is 1. The van der Waals surface area contributed by atoms with Gasteiger partial charge < -0.3 is 9.80 Å². The lowest BCUT2D eigenvalue weighted by atomic mass is 9.98. The lowest BCUT2D eigenvalue weighted by Gasteiger charge is -2.32. The number of halogens is 3. The Morgan fingerprint density at radius 3 is 2.76 bits per heavy atom. The molecule has 1 aromatic rings. The average Bonchev–Trinajstić information content (AvgIpc) is 2.37. The minimum Gasteiger partial charge on any atom is -0.306 e. The third-order valence-corrected chi connectivity index (χ3v) is 4.00. The second kappa shape index (κ2) is 6.79. The van der Waals surface area contributed by atoms with Crippen molar-refractivity contribution in [1.82, 2.24) is 9.80 Å². The standard InChI is InChI=1S/C16H23F3N2/c1-20-8-4-6-14(11-20)12-21(2)10-13-5-3-7-15(9-13)16(17,18)19/h3,5,7,9,14H,4,6,8,10-12H2,1-2H3. The number of nitrogens with zero attached hydrogens (tertiary/aromatic N) is 2. The highest BCUT2D eigenvalue weighted by molar-refractivity contribution is 5.25. The molecule has 1 fully saturated rings. The Labute approximate surface area is 124 Å². The Hall–Kier alpha value is -1.07. The maximum atomic E-state index is 12.7. The zero-order valence-electron chi connectivity index (χ0n) is 12.7. The fourth-order valence-corrected chi connectivity index (χ4v) is 3.09. The van der Waals surface area contributed by atoms with Crippen LogP contribution in [0.25, 0.3) is 0 Å². The van der Waals surface area contributed by atoms with Crippen LogP contribution in [0.4, 0.5) is 13.2 Å². The van der Waals surface area contributed by atoms with Crippen LogP contribution in [-0.4, -0.2) is 43.5 Å². The number of hydrogen-bond donors (Lipinski definition) is 0. The molecule has 0 spiro atoms. The summed E-state index contributed by atoms with van der Waals surface area (Å²) in [6, 6.07) is 5.63. The maximum absolute atomic E-state index is 12.7. The summed E-state index contributed by atoms with van der Waals surface area (Å²) < 4.78 is 38.1. The van der Waals surface area contributed by atoms with Gasteiger partial charge in [-0.1, -0.05) is 18.2 Å². The molecule has 0 bridgehead atoms. The largest absolute Gasteiger partial charge is 0.416 e. The van der Waals surface area contributed by atoms with Gasteiger partial charge in [-0.05, 0) is 51.0 Å². The highest BCUT2D eigenvalue weighted by Gasteiger charge is 2.30. The van der Waals surface area contributed by atoms with E-state index >= 15 is 0 Å². The van der Waals surface area contributed by atoms with Crippen molar-refractivity contribution in [3.05, 3.63) is 35.4 Å². The third kappa shape index (κ3) is 5.00. The molecule has 0 radical (unpaired) electrons. The van der Waals surface area contributed by atoms with Crippen LogP contribution in [-0.2, 0) is 12.7 Å². The zero-order valence-corrected chi connectivity index (χ0v) is 12.7. The van der Waals surface area contributed by atoms with Crippen molar-refractivity contribution in [2.75, 3.05) is 33.7 Å². The average molecular weight is 300 g/mol. The van der Waals surface area contributed by atoms with Crippen LogP contribution in [0.5, 0.6) is 0 Å². The molecule has 5 heteroatoms. The summed E-state index contributed by atoms with van der Waals surface area (Å²) in [7, 11) is 4.10. The number of piperidine rings is 1. The summed E-state index contributed by atoms with van der Waals surface area (Å²) >= 11 is 0. The Morgan fingerprint density at radius 1 is 1.33 bits per heavy atom. The predicted octanol–water partition coefficient (Wildman–Crippen LogP) is 3.48. The molecule has 1 aliphatic rings. The van der Waals surface area contributed by atoms with Crippen LogP contribution in [0.15, 0.2) is 24.3 Å². The van der Waals surface area contributed by atoms with Crippen molar-refractivity contribution in [2.45, 2.75) is 25.6 Å². The van der Waals surface area contributed by atoms with E-state index in [0.717, 1.165) is 31.3 Å². The highest BCUT2D eigenvalue weighted by Crippen LogP contribution is 2.29. The SMILES string of the molecule is CN1CCCC(CN(C)Cc2cccc(C(F)(F)F)c2)C1. The van der Waals surface area contributed by atoms with Gasteiger partial charge in [0.2, 0.25) is 0 Å². The molecule has 1 aromatic carbocycles. The predicted molar refractivity (Wildman–Crippen MR) is 78.0 cm³/mol.